The molecule has 30 heavy (non-hydrogen) atoms. The maximum atomic E-state index is 12.6. The summed E-state index contributed by atoms with van der Waals surface area (Å²) in [5.74, 6) is 0.512. The van der Waals surface area contributed by atoms with Gasteiger partial charge < -0.3 is 24.6 Å². The monoisotopic (exact) mass is 411 g/mol. The largest absolute Gasteiger partial charge is 0.445 e. The summed E-state index contributed by atoms with van der Waals surface area (Å²) in [5.41, 5.74) is 2.81. The SMILES string of the molecule is O=C(NCC(=O)N1CCc2cnc(N3CCOCC3)nc2C1)OCc1ccccc1. The van der Waals surface area contributed by atoms with Crippen LogP contribution in [0.3, 0.4) is 0 Å². The minimum absolute atomic E-state index is 0.107. The molecule has 0 atom stereocenters. The van der Waals surface area contributed by atoms with Gasteiger partial charge in [-0.1, -0.05) is 30.3 Å². The number of amides is 2. The van der Waals surface area contributed by atoms with Crippen LogP contribution in [0.1, 0.15) is 16.8 Å². The third-order valence-corrected chi connectivity index (χ3v) is 5.18. The summed E-state index contributed by atoms with van der Waals surface area (Å²) in [4.78, 5) is 37.4. The molecular weight excluding hydrogens is 386 g/mol. The molecule has 1 N–H and O–H groups in total. The molecule has 0 aliphatic carbocycles. The van der Waals surface area contributed by atoms with E-state index in [1.165, 1.54) is 0 Å². The lowest BCUT2D eigenvalue weighted by Gasteiger charge is -2.30. The average molecular weight is 411 g/mol. The number of hydrogen-bond acceptors (Lipinski definition) is 7. The fourth-order valence-corrected chi connectivity index (χ4v) is 3.45. The van der Waals surface area contributed by atoms with Gasteiger partial charge in [0.2, 0.25) is 11.9 Å². The van der Waals surface area contributed by atoms with Crippen molar-refractivity contribution in [1.82, 2.24) is 20.2 Å². The molecule has 1 aromatic carbocycles. The number of rotatable bonds is 5. The molecule has 4 rings (SSSR count). The van der Waals surface area contributed by atoms with E-state index in [-0.39, 0.29) is 19.1 Å². The average Bonchev–Trinajstić information content (AvgIpc) is 2.81. The minimum Gasteiger partial charge on any atom is -0.445 e. The van der Waals surface area contributed by atoms with E-state index in [0.29, 0.717) is 38.7 Å². The van der Waals surface area contributed by atoms with Crippen LogP contribution in [0.5, 0.6) is 0 Å². The van der Waals surface area contributed by atoms with E-state index in [9.17, 15) is 9.59 Å². The van der Waals surface area contributed by atoms with Crippen molar-refractivity contribution < 1.29 is 19.1 Å². The first-order valence-electron chi connectivity index (χ1n) is 10.1. The Kier molecular flexibility index (Phi) is 6.38. The van der Waals surface area contributed by atoms with Gasteiger partial charge in [-0.3, -0.25) is 4.79 Å². The van der Waals surface area contributed by atoms with E-state index in [2.05, 4.69) is 20.2 Å². The van der Waals surface area contributed by atoms with Gasteiger partial charge in [0.25, 0.3) is 0 Å². The molecule has 1 fully saturated rings. The molecule has 0 spiro atoms. The number of anilines is 1. The number of ether oxygens (including phenoxy) is 2. The lowest BCUT2D eigenvalue weighted by atomic mass is 10.1. The molecule has 2 aliphatic rings. The Balaban J connectivity index is 1.28. The second kappa shape index (κ2) is 9.53. The van der Waals surface area contributed by atoms with E-state index >= 15 is 0 Å². The van der Waals surface area contributed by atoms with E-state index in [1.807, 2.05) is 36.5 Å². The predicted molar refractivity (Wildman–Crippen MR) is 109 cm³/mol. The van der Waals surface area contributed by atoms with Crippen molar-refractivity contribution in [2.45, 2.75) is 19.6 Å². The third kappa shape index (κ3) is 5.04. The van der Waals surface area contributed by atoms with Crippen LogP contribution in [0.25, 0.3) is 0 Å². The molecule has 2 amide bonds. The number of benzene rings is 1. The van der Waals surface area contributed by atoms with E-state index in [1.54, 1.807) is 4.90 Å². The summed E-state index contributed by atoms with van der Waals surface area (Å²) in [6.45, 7) is 3.90. The van der Waals surface area contributed by atoms with Crippen molar-refractivity contribution in [2.24, 2.45) is 0 Å². The van der Waals surface area contributed by atoms with Gasteiger partial charge in [0.05, 0.1) is 25.5 Å². The number of carbonyl (C=O) groups is 2. The maximum absolute atomic E-state index is 12.6. The number of alkyl carbamates (subject to hydrolysis) is 1. The van der Waals surface area contributed by atoms with Crippen LogP contribution >= 0.6 is 0 Å². The van der Waals surface area contributed by atoms with E-state index in [4.69, 9.17) is 9.47 Å². The van der Waals surface area contributed by atoms with Crippen LogP contribution in [0.4, 0.5) is 10.7 Å². The molecule has 2 aromatic rings. The topological polar surface area (TPSA) is 96.9 Å². The maximum Gasteiger partial charge on any atom is 0.407 e. The fourth-order valence-electron chi connectivity index (χ4n) is 3.45. The second-order valence-corrected chi connectivity index (χ2v) is 7.22. The van der Waals surface area contributed by atoms with Crippen LogP contribution in [-0.2, 0) is 33.8 Å². The molecule has 9 heteroatoms. The van der Waals surface area contributed by atoms with Crippen molar-refractivity contribution in [1.29, 1.82) is 0 Å². The molecule has 0 bridgehead atoms. The van der Waals surface area contributed by atoms with Gasteiger partial charge in [0, 0.05) is 25.8 Å². The van der Waals surface area contributed by atoms with Gasteiger partial charge in [0.15, 0.2) is 0 Å². The molecule has 9 nitrogen and oxygen atoms in total. The highest BCUT2D eigenvalue weighted by Crippen LogP contribution is 2.19. The van der Waals surface area contributed by atoms with Gasteiger partial charge in [-0.2, -0.15) is 0 Å². The van der Waals surface area contributed by atoms with Crippen LogP contribution < -0.4 is 10.2 Å². The quantitative estimate of drug-likeness (QED) is 0.788. The number of fused-ring (bicyclic) bond motifs is 1. The van der Waals surface area contributed by atoms with Crippen molar-refractivity contribution in [3.05, 3.63) is 53.3 Å². The van der Waals surface area contributed by atoms with E-state index in [0.717, 1.165) is 29.9 Å². The van der Waals surface area contributed by atoms with Gasteiger partial charge >= 0.3 is 6.09 Å². The number of hydrogen-bond donors (Lipinski definition) is 1. The molecule has 3 heterocycles. The number of nitrogens with zero attached hydrogens (tertiary/aromatic N) is 4. The van der Waals surface area contributed by atoms with Gasteiger partial charge in [0.1, 0.15) is 13.2 Å². The first-order valence-corrected chi connectivity index (χ1v) is 10.1. The van der Waals surface area contributed by atoms with E-state index < -0.39 is 6.09 Å². The number of carbonyl (C=O) groups excluding carboxylic acids is 2. The molecule has 158 valence electrons. The third-order valence-electron chi connectivity index (χ3n) is 5.18. The lowest BCUT2D eigenvalue weighted by Crippen LogP contribution is -2.43. The van der Waals surface area contributed by atoms with Crippen molar-refractivity contribution >= 4 is 17.9 Å². The normalized spacial score (nSPS) is 16.0. The standard InChI is InChI=1S/C21H25N5O4/c27-19(13-23-21(28)30-15-16-4-2-1-3-5-16)26-7-6-17-12-22-20(24-18(17)14-26)25-8-10-29-11-9-25/h1-5,12H,6-11,13-15H2,(H,23,28). The molecule has 2 aliphatic heterocycles. The van der Waals surface area contributed by atoms with Gasteiger partial charge in [-0.15, -0.1) is 0 Å². The summed E-state index contributed by atoms with van der Waals surface area (Å²) in [5, 5.41) is 2.53. The minimum atomic E-state index is -0.610. The zero-order valence-corrected chi connectivity index (χ0v) is 16.7. The number of aromatic nitrogens is 2. The van der Waals surface area contributed by atoms with Crippen LogP contribution in [-0.4, -0.2) is 66.3 Å². The van der Waals surface area contributed by atoms with Gasteiger partial charge in [-0.25, -0.2) is 14.8 Å². The Morgan fingerprint density at radius 2 is 1.93 bits per heavy atom. The first kappa shape index (κ1) is 20.1. The Bertz CT molecular complexity index is 886. The molecule has 0 unspecified atom stereocenters. The van der Waals surface area contributed by atoms with Crippen LogP contribution in [0.15, 0.2) is 36.5 Å². The zero-order chi connectivity index (χ0) is 20.8. The molecule has 1 aromatic heterocycles. The summed E-state index contributed by atoms with van der Waals surface area (Å²) in [6, 6.07) is 9.39. The lowest BCUT2D eigenvalue weighted by molar-refractivity contribution is -0.131. The highest BCUT2D eigenvalue weighted by Gasteiger charge is 2.24. The van der Waals surface area contributed by atoms with Crippen molar-refractivity contribution in [3.63, 3.8) is 0 Å². The molecule has 0 radical (unpaired) electrons. The highest BCUT2D eigenvalue weighted by atomic mass is 16.5. The summed E-state index contributed by atoms with van der Waals surface area (Å²) >= 11 is 0. The second-order valence-electron chi connectivity index (χ2n) is 7.22. The van der Waals surface area contributed by atoms with Crippen molar-refractivity contribution in [3.8, 4) is 0 Å². The van der Waals surface area contributed by atoms with Crippen molar-refractivity contribution in [2.75, 3.05) is 44.3 Å². The smallest absolute Gasteiger partial charge is 0.407 e. The Labute approximate surface area is 175 Å². The summed E-state index contributed by atoms with van der Waals surface area (Å²) < 4.78 is 10.5. The number of morpholine rings is 1. The van der Waals surface area contributed by atoms with Gasteiger partial charge in [-0.05, 0) is 17.5 Å². The summed E-state index contributed by atoms with van der Waals surface area (Å²) in [6.07, 6.45) is 1.94. The highest BCUT2D eigenvalue weighted by molar-refractivity contribution is 5.82. The molecule has 1 saturated heterocycles. The van der Waals surface area contributed by atoms with Crippen LogP contribution in [0.2, 0.25) is 0 Å². The number of nitrogens with one attached hydrogen (secondary N) is 1. The Hall–Kier alpha value is -3.20. The fraction of sp³-hybridized carbons (Fsp3) is 0.429. The predicted octanol–water partition coefficient (Wildman–Crippen LogP) is 1.12. The Morgan fingerprint density at radius 1 is 1.13 bits per heavy atom. The van der Waals surface area contributed by atoms with Crippen LogP contribution in [0, 0.1) is 0 Å². The Morgan fingerprint density at radius 3 is 2.73 bits per heavy atom. The molecule has 0 saturated carbocycles. The first-order chi connectivity index (χ1) is 14.7. The summed E-state index contributed by atoms with van der Waals surface area (Å²) in [7, 11) is 0. The zero-order valence-electron chi connectivity index (χ0n) is 16.7. The molecular formula is C21H25N5O4.